The van der Waals surface area contributed by atoms with Gasteiger partial charge in [-0.15, -0.1) is 0 Å². The summed E-state index contributed by atoms with van der Waals surface area (Å²) in [6.07, 6.45) is -0.0754. The minimum Gasteiger partial charge on any atom is -0.394 e. The van der Waals surface area contributed by atoms with Gasteiger partial charge in [-0.3, -0.25) is 0 Å². The van der Waals surface area contributed by atoms with Gasteiger partial charge in [0.25, 0.3) is 0 Å². The number of hydrogen-bond donors (Lipinski definition) is 1. The topological polar surface area (TPSA) is 42.0 Å². The summed E-state index contributed by atoms with van der Waals surface area (Å²) < 4.78 is 10.7. The van der Waals surface area contributed by atoms with Crippen LogP contribution in [0.25, 0.3) is 0 Å². The van der Waals surface area contributed by atoms with Crippen molar-refractivity contribution in [2.24, 2.45) is 0 Å². The molecule has 1 aliphatic heterocycles. The van der Waals surface area contributed by atoms with Crippen LogP contribution in [0.2, 0.25) is 0 Å². The van der Waals surface area contributed by atoms with Crippen molar-refractivity contribution >= 4 is 0 Å². The molecule has 1 saturated heterocycles. The smallest absolute Gasteiger partial charge is 0.112 e. The molecule has 1 aromatic carbocycles. The summed E-state index contributed by atoms with van der Waals surface area (Å²) in [7, 11) is 0. The monoisotopic (exact) mass is 220 g/mol. The van der Waals surface area contributed by atoms with Crippen LogP contribution in [-0.4, -0.2) is 30.5 Å². The number of ether oxygens (including phenoxy) is 2. The van der Waals surface area contributed by atoms with Crippen LogP contribution < -0.4 is 0 Å². The van der Waals surface area contributed by atoms with Crippen LogP contribution in [0.1, 0.15) is 5.56 Å². The maximum absolute atomic E-state index is 8.82. The summed E-state index contributed by atoms with van der Waals surface area (Å²) >= 11 is 0. The third-order valence-electron chi connectivity index (χ3n) is 2.56. The minimum atomic E-state index is -0.0622. The van der Waals surface area contributed by atoms with Gasteiger partial charge in [-0.05, 0) is 11.1 Å². The fraction of sp³-hybridized carbons (Fsp3) is 0.385. The van der Waals surface area contributed by atoms with Crippen LogP contribution in [0.15, 0.2) is 42.5 Å². The SMILES string of the molecule is C=C(COCc1ccccc1)[C@@H]1O[C@H]1CO. The van der Waals surface area contributed by atoms with Gasteiger partial charge in [0.2, 0.25) is 0 Å². The van der Waals surface area contributed by atoms with Crippen molar-refractivity contribution in [1.82, 2.24) is 0 Å². The van der Waals surface area contributed by atoms with E-state index in [2.05, 4.69) is 6.58 Å². The second-order valence-corrected chi connectivity index (χ2v) is 3.91. The van der Waals surface area contributed by atoms with Gasteiger partial charge >= 0.3 is 0 Å². The first-order valence-corrected chi connectivity index (χ1v) is 5.37. The number of benzene rings is 1. The summed E-state index contributed by atoms with van der Waals surface area (Å²) in [5.41, 5.74) is 2.04. The lowest BCUT2D eigenvalue weighted by Crippen LogP contribution is -2.07. The molecule has 0 radical (unpaired) electrons. The summed E-state index contributed by atoms with van der Waals surface area (Å²) in [6.45, 7) is 5.00. The van der Waals surface area contributed by atoms with E-state index in [1.807, 2.05) is 30.3 Å². The predicted octanol–water partition coefficient (Wildman–Crippen LogP) is 1.52. The van der Waals surface area contributed by atoms with E-state index < -0.39 is 0 Å². The molecule has 2 rings (SSSR count). The molecule has 0 aliphatic carbocycles. The Hall–Kier alpha value is -1.16. The molecular weight excluding hydrogens is 204 g/mol. The molecule has 86 valence electrons. The Morgan fingerprint density at radius 1 is 1.38 bits per heavy atom. The fourth-order valence-corrected chi connectivity index (χ4v) is 1.60. The third kappa shape index (κ3) is 2.92. The van der Waals surface area contributed by atoms with Crippen LogP contribution in [-0.2, 0) is 16.1 Å². The van der Waals surface area contributed by atoms with Gasteiger partial charge in [0.1, 0.15) is 12.2 Å². The molecule has 1 N–H and O–H groups in total. The lowest BCUT2D eigenvalue weighted by Gasteiger charge is -2.05. The van der Waals surface area contributed by atoms with Crippen molar-refractivity contribution in [2.45, 2.75) is 18.8 Å². The van der Waals surface area contributed by atoms with Crippen molar-refractivity contribution in [3.05, 3.63) is 48.0 Å². The Morgan fingerprint density at radius 3 is 2.75 bits per heavy atom. The van der Waals surface area contributed by atoms with E-state index in [9.17, 15) is 0 Å². The standard InChI is InChI=1S/C13H16O3/c1-10(13-12(7-14)16-13)8-15-9-11-5-3-2-4-6-11/h2-6,12-14H,1,7-9H2/t12-,13-/m0/s1. The highest BCUT2D eigenvalue weighted by Crippen LogP contribution is 2.27. The van der Waals surface area contributed by atoms with Crippen molar-refractivity contribution in [3.8, 4) is 0 Å². The largest absolute Gasteiger partial charge is 0.394 e. The van der Waals surface area contributed by atoms with E-state index in [4.69, 9.17) is 14.6 Å². The van der Waals surface area contributed by atoms with E-state index in [0.29, 0.717) is 13.2 Å². The molecule has 1 aliphatic rings. The molecule has 0 saturated carbocycles. The number of aliphatic hydroxyl groups is 1. The van der Waals surface area contributed by atoms with Crippen molar-refractivity contribution in [3.63, 3.8) is 0 Å². The van der Waals surface area contributed by atoms with E-state index in [1.165, 1.54) is 0 Å². The lowest BCUT2D eigenvalue weighted by atomic mass is 10.2. The number of aliphatic hydroxyl groups excluding tert-OH is 1. The molecule has 3 heteroatoms. The molecule has 2 atom stereocenters. The van der Waals surface area contributed by atoms with Gasteiger partial charge < -0.3 is 14.6 Å². The zero-order valence-electron chi connectivity index (χ0n) is 9.13. The van der Waals surface area contributed by atoms with Crippen LogP contribution in [0.3, 0.4) is 0 Å². The molecule has 0 aromatic heterocycles. The summed E-state index contributed by atoms with van der Waals surface area (Å²) in [6, 6.07) is 9.99. The predicted molar refractivity (Wildman–Crippen MR) is 61.0 cm³/mol. The molecule has 0 amide bonds. The highest BCUT2D eigenvalue weighted by atomic mass is 16.6. The third-order valence-corrected chi connectivity index (χ3v) is 2.56. The van der Waals surface area contributed by atoms with E-state index >= 15 is 0 Å². The summed E-state index contributed by atoms with van der Waals surface area (Å²) in [5, 5.41) is 8.82. The molecule has 1 aromatic rings. The molecular formula is C13H16O3. The first-order valence-electron chi connectivity index (χ1n) is 5.37. The Kier molecular flexibility index (Phi) is 3.72. The average Bonchev–Trinajstić information content (AvgIpc) is 3.09. The summed E-state index contributed by atoms with van der Waals surface area (Å²) in [4.78, 5) is 0. The van der Waals surface area contributed by atoms with Gasteiger partial charge in [0.15, 0.2) is 0 Å². The van der Waals surface area contributed by atoms with Crippen LogP contribution >= 0.6 is 0 Å². The van der Waals surface area contributed by atoms with E-state index in [-0.39, 0.29) is 18.8 Å². The van der Waals surface area contributed by atoms with Gasteiger partial charge in [-0.2, -0.15) is 0 Å². The zero-order valence-corrected chi connectivity index (χ0v) is 9.13. The first kappa shape index (κ1) is 11.3. The molecule has 0 unspecified atom stereocenters. The Balaban J connectivity index is 1.67. The number of rotatable bonds is 6. The van der Waals surface area contributed by atoms with Gasteiger partial charge in [0, 0.05) is 0 Å². The molecule has 3 nitrogen and oxygen atoms in total. The van der Waals surface area contributed by atoms with Crippen molar-refractivity contribution < 1.29 is 14.6 Å². The Morgan fingerprint density at radius 2 is 2.12 bits per heavy atom. The number of epoxide rings is 1. The second kappa shape index (κ2) is 5.25. The van der Waals surface area contributed by atoms with Gasteiger partial charge in [-0.1, -0.05) is 36.9 Å². The molecule has 1 heterocycles. The van der Waals surface area contributed by atoms with Crippen LogP contribution in [0.5, 0.6) is 0 Å². The minimum absolute atomic E-state index is 0.0132. The highest BCUT2D eigenvalue weighted by Gasteiger charge is 2.39. The number of hydrogen-bond acceptors (Lipinski definition) is 3. The van der Waals surface area contributed by atoms with Crippen molar-refractivity contribution in [2.75, 3.05) is 13.2 Å². The second-order valence-electron chi connectivity index (χ2n) is 3.91. The molecule has 1 fully saturated rings. The van der Waals surface area contributed by atoms with Gasteiger partial charge in [-0.25, -0.2) is 0 Å². The summed E-state index contributed by atoms with van der Waals surface area (Å²) in [5.74, 6) is 0. The van der Waals surface area contributed by atoms with Crippen LogP contribution in [0.4, 0.5) is 0 Å². The lowest BCUT2D eigenvalue weighted by molar-refractivity contribution is 0.138. The van der Waals surface area contributed by atoms with Crippen LogP contribution in [0, 0.1) is 0 Å². The van der Waals surface area contributed by atoms with E-state index in [1.54, 1.807) is 0 Å². The zero-order chi connectivity index (χ0) is 11.4. The maximum atomic E-state index is 8.82. The quantitative estimate of drug-likeness (QED) is 0.584. The van der Waals surface area contributed by atoms with Gasteiger partial charge in [0.05, 0.1) is 19.8 Å². The Labute approximate surface area is 95.3 Å². The fourth-order valence-electron chi connectivity index (χ4n) is 1.60. The van der Waals surface area contributed by atoms with E-state index in [0.717, 1.165) is 11.1 Å². The normalized spacial score (nSPS) is 23.1. The van der Waals surface area contributed by atoms with Crippen molar-refractivity contribution in [1.29, 1.82) is 0 Å². The first-order chi connectivity index (χ1) is 7.81. The molecule has 16 heavy (non-hydrogen) atoms. The maximum Gasteiger partial charge on any atom is 0.112 e. The average molecular weight is 220 g/mol. The molecule has 0 spiro atoms. The highest BCUT2D eigenvalue weighted by molar-refractivity contribution is 5.15. The molecule has 0 bridgehead atoms. The Bertz CT molecular complexity index is 347.